The molecular weight excluding hydrogens is 214 g/mol. The predicted octanol–water partition coefficient (Wildman–Crippen LogP) is 2.53. The maximum absolute atomic E-state index is 10.5. The summed E-state index contributed by atoms with van der Waals surface area (Å²) < 4.78 is 0. The van der Waals surface area contributed by atoms with Gasteiger partial charge < -0.3 is 10.8 Å². The summed E-state index contributed by atoms with van der Waals surface area (Å²) in [5.74, 6) is -0.925. The second-order valence-electron chi connectivity index (χ2n) is 3.32. The minimum Gasteiger partial charge on any atom is -0.478 e. The Hall–Kier alpha value is -2.13. The van der Waals surface area contributed by atoms with Crippen LogP contribution < -0.4 is 5.73 Å². The summed E-state index contributed by atoms with van der Waals surface area (Å²) in [5.41, 5.74) is 6.28. The van der Waals surface area contributed by atoms with Gasteiger partial charge in [0.15, 0.2) is 0 Å². The van der Waals surface area contributed by atoms with Crippen LogP contribution in [-0.2, 0) is 6.54 Å². The van der Waals surface area contributed by atoms with Crippen molar-refractivity contribution in [1.82, 2.24) is 0 Å². The molecule has 0 aliphatic heterocycles. The number of aromatic carboxylic acids is 1. The molecule has 0 heterocycles. The molecule has 2 aromatic carbocycles. The fourth-order valence-corrected chi connectivity index (χ4v) is 1.29. The molecule has 0 aliphatic carbocycles. The third-order valence-corrected chi connectivity index (χ3v) is 2.13. The van der Waals surface area contributed by atoms with Crippen LogP contribution in [0.2, 0.25) is 0 Å². The van der Waals surface area contributed by atoms with Crippen LogP contribution in [0.3, 0.4) is 0 Å². The molecule has 0 radical (unpaired) electrons. The number of carbonyl (C=O) groups is 1. The van der Waals surface area contributed by atoms with E-state index in [4.69, 9.17) is 10.8 Å². The molecule has 0 fully saturated rings. The fourth-order valence-electron chi connectivity index (χ4n) is 1.29. The number of nitrogens with two attached hydrogens (primary N) is 1. The van der Waals surface area contributed by atoms with Gasteiger partial charge in [-0.3, -0.25) is 0 Å². The molecule has 0 atom stereocenters. The van der Waals surface area contributed by atoms with Gasteiger partial charge in [0, 0.05) is 6.54 Å². The van der Waals surface area contributed by atoms with Gasteiger partial charge in [-0.1, -0.05) is 54.6 Å². The molecule has 2 aromatic rings. The smallest absolute Gasteiger partial charge is 0.336 e. The highest BCUT2D eigenvalue weighted by Gasteiger charge is 2.05. The average Bonchev–Trinajstić information content (AvgIpc) is 2.41. The highest BCUT2D eigenvalue weighted by molar-refractivity contribution is 5.89. The lowest BCUT2D eigenvalue weighted by molar-refractivity contribution is 0.0695. The number of benzene rings is 2. The van der Waals surface area contributed by atoms with E-state index >= 15 is 0 Å². The van der Waals surface area contributed by atoms with Gasteiger partial charge in [0.2, 0.25) is 0 Å². The van der Waals surface area contributed by atoms with Crippen molar-refractivity contribution in [1.29, 1.82) is 0 Å². The minimum absolute atomic E-state index is 0.266. The summed E-state index contributed by atoms with van der Waals surface area (Å²) in [6.45, 7) is 0.266. The zero-order chi connectivity index (χ0) is 12.5. The van der Waals surface area contributed by atoms with Gasteiger partial charge in [-0.05, 0) is 11.6 Å². The van der Waals surface area contributed by atoms with Crippen LogP contribution >= 0.6 is 0 Å². The first-order chi connectivity index (χ1) is 8.25. The van der Waals surface area contributed by atoms with Crippen molar-refractivity contribution >= 4 is 5.97 Å². The summed E-state index contributed by atoms with van der Waals surface area (Å²) >= 11 is 0. The molecule has 17 heavy (non-hydrogen) atoms. The van der Waals surface area contributed by atoms with Crippen LogP contribution in [0.15, 0.2) is 60.7 Å². The van der Waals surface area contributed by atoms with Gasteiger partial charge in [-0.15, -0.1) is 0 Å². The number of hydrogen-bond acceptors (Lipinski definition) is 2. The highest BCUT2D eigenvalue weighted by atomic mass is 16.4. The predicted molar refractivity (Wildman–Crippen MR) is 67.7 cm³/mol. The Morgan fingerprint density at radius 1 is 0.941 bits per heavy atom. The first kappa shape index (κ1) is 12.9. The molecule has 0 unspecified atom stereocenters. The minimum atomic E-state index is -0.925. The lowest BCUT2D eigenvalue weighted by Gasteiger charge is -2.00. The van der Waals surface area contributed by atoms with Gasteiger partial charge >= 0.3 is 5.97 Å². The van der Waals surface area contributed by atoms with Gasteiger partial charge in [-0.25, -0.2) is 4.79 Å². The van der Waals surface area contributed by atoms with E-state index in [-0.39, 0.29) is 12.1 Å². The molecule has 0 saturated carbocycles. The number of carboxylic acid groups (broad SMARTS) is 1. The van der Waals surface area contributed by atoms with Crippen molar-refractivity contribution in [2.24, 2.45) is 5.73 Å². The fraction of sp³-hybridized carbons (Fsp3) is 0.0714. The number of hydrogen-bond donors (Lipinski definition) is 2. The third kappa shape index (κ3) is 4.49. The standard InChI is InChI=1S/C8H9NO2.C6H6/c9-5-6-3-1-2-4-7(6)8(10)11;1-2-4-6-5-3-1/h1-4H,5,9H2,(H,10,11);1-6H. The Kier molecular flexibility index (Phi) is 5.47. The second-order valence-corrected chi connectivity index (χ2v) is 3.32. The van der Waals surface area contributed by atoms with Crippen molar-refractivity contribution in [3.8, 4) is 0 Å². The molecule has 0 saturated heterocycles. The average molecular weight is 229 g/mol. The molecule has 3 nitrogen and oxygen atoms in total. The molecule has 0 aromatic heterocycles. The van der Waals surface area contributed by atoms with E-state index in [1.165, 1.54) is 0 Å². The van der Waals surface area contributed by atoms with Gasteiger partial charge in [0.25, 0.3) is 0 Å². The summed E-state index contributed by atoms with van der Waals surface area (Å²) in [6.07, 6.45) is 0. The Bertz CT molecular complexity index is 428. The zero-order valence-corrected chi connectivity index (χ0v) is 9.41. The van der Waals surface area contributed by atoms with E-state index in [9.17, 15) is 4.79 Å². The summed E-state index contributed by atoms with van der Waals surface area (Å²) in [7, 11) is 0. The SMILES string of the molecule is NCc1ccccc1C(=O)O.c1ccccc1. The topological polar surface area (TPSA) is 63.3 Å². The maximum Gasteiger partial charge on any atom is 0.336 e. The molecule has 0 amide bonds. The van der Waals surface area contributed by atoms with Crippen LogP contribution in [-0.4, -0.2) is 11.1 Å². The Morgan fingerprint density at radius 3 is 1.76 bits per heavy atom. The lowest BCUT2D eigenvalue weighted by atomic mass is 10.1. The molecule has 0 bridgehead atoms. The van der Waals surface area contributed by atoms with E-state index in [1.807, 2.05) is 36.4 Å². The Balaban J connectivity index is 0.000000202. The Labute approximate surface area is 101 Å². The second kappa shape index (κ2) is 7.19. The van der Waals surface area contributed by atoms with Crippen molar-refractivity contribution in [2.45, 2.75) is 6.54 Å². The highest BCUT2D eigenvalue weighted by Crippen LogP contribution is 2.06. The molecule has 88 valence electrons. The van der Waals surface area contributed by atoms with E-state index in [0.29, 0.717) is 5.56 Å². The van der Waals surface area contributed by atoms with Crippen LogP contribution in [0.4, 0.5) is 0 Å². The van der Waals surface area contributed by atoms with Crippen molar-refractivity contribution in [3.63, 3.8) is 0 Å². The molecule has 0 aliphatic rings. The van der Waals surface area contributed by atoms with Gasteiger partial charge in [0.05, 0.1) is 5.56 Å². The van der Waals surface area contributed by atoms with Crippen LogP contribution in [0.5, 0.6) is 0 Å². The van der Waals surface area contributed by atoms with E-state index in [0.717, 1.165) is 0 Å². The summed E-state index contributed by atoms with van der Waals surface area (Å²) in [6, 6.07) is 18.7. The first-order valence-electron chi connectivity index (χ1n) is 5.27. The van der Waals surface area contributed by atoms with Gasteiger partial charge in [0.1, 0.15) is 0 Å². The van der Waals surface area contributed by atoms with E-state index in [1.54, 1.807) is 24.3 Å². The third-order valence-electron chi connectivity index (χ3n) is 2.13. The van der Waals surface area contributed by atoms with Crippen molar-refractivity contribution in [3.05, 3.63) is 71.8 Å². The largest absolute Gasteiger partial charge is 0.478 e. The molecule has 3 N–H and O–H groups in total. The van der Waals surface area contributed by atoms with E-state index < -0.39 is 5.97 Å². The molecule has 2 rings (SSSR count). The van der Waals surface area contributed by atoms with Crippen molar-refractivity contribution < 1.29 is 9.90 Å². The quantitative estimate of drug-likeness (QED) is 0.831. The molecular formula is C14H15NO2. The number of carboxylic acids is 1. The molecule has 0 spiro atoms. The van der Waals surface area contributed by atoms with Crippen LogP contribution in [0, 0.1) is 0 Å². The van der Waals surface area contributed by atoms with Crippen LogP contribution in [0.25, 0.3) is 0 Å². The first-order valence-corrected chi connectivity index (χ1v) is 5.27. The summed E-state index contributed by atoms with van der Waals surface area (Å²) in [4.78, 5) is 10.5. The monoisotopic (exact) mass is 229 g/mol. The summed E-state index contributed by atoms with van der Waals surface area (Å²) in [5, 5.41) is 8.64. The number of rotatable bonds is 2. The lowest BCUT2D eigenvalue weighted by Crippen LogP contribution is -2.05. The van der Waals surface area contributed by atoms with E-state index in [2.05, 4.69) is 0 Å². The normalized spacial score (nSPS) is 9.00. The zero-order valence-electron chi connectivity index (χ0n) is 9.41. The Morgan fingerprint density at radius 2 is 1.41 bits per heavy atom. The van der Waals surface area contributed by atoms with Crippen molar-refractivity contribution in [2.75, 3.05) is 0 Å². The van der Waals surface area contributed by atoms with Crippen LogP contribution in [0.1, 0.15) is 15.9 Å². The molecule has 3 heteroatoms. The maximum atomic E-state index is 10.5. The van der Waals surface area contributed by atoms with Gasteiger partial charge in [-0.2, -0.15) is 0 Å².